The summed E-state index contributed by atoms with van der Waals surface area (Å²) in [6.07, 6.45) is 2.71. The van der Waals surface area contributed by atoms with Crippen LogP contribution in [0.15, 0.2) is 41.3 Å². The van der Waals surface area contributed by atoms with Crippen molar-refractivity contribution in [3.8, 4) is 16.8 Å². The molecule has 9 heteroatoms. The Labute approximate surface area is 170 Å². The maximum Gasteiger partial charge on any atom is 0.326 e. The summed E-state index contributed by atoms with van der Waals surface area (Å²) in [5.41, 5.74) is 2.36. The molecular formula is C19H16Cl2N4O3. The molecule has 0 fully saturated rings. The molecule has 0 radical (unpaired) electrons. The number of rotatable bonds is 4. The van der Waals surface area contributed by atoms with E-state index >= 15 is 0 Å². The number of hydrogen-bond acceptors (Lipinski definition) is 4. The number of carbonyl (C=O) groups is 1. The molecule has 1 aromatic carbocycles. The third-order valence-electron chi connectivity index (χ3n) is 5.10. The first-order chi connectivity index (χ1) is 13.4. The summed E-state index contributed by atoms with van der Waals surface area (Å²) in [7, 11) is 0. The fraction of sp³-hybridized carbons (Fsp3) is 0.263. The molecule has 0 spiro atoms. The first-order valence-corrected chi connectivity index (χ1v) is 9.52. The Kier molecular flexibility index (Phi) is 4.72. The van der Waals surface area contributed by atoms with Gasteiger partial charge in [-0.25, -0.2) is 9.48 Å². The molecule has 28 heavy (non-hydrogen) atoms. The molecule has 0 saturated carbocycles. The zero-order chi connectivity index (χ0) is 20.0. The summed E-state index contributed by atoms with van der Waals surface area (Å²) in [6, 6.07) is 7.69. The van der Waals surface area contributed by atoms with Gasteiger partial charge in [-0.3, -0.25) is 9.36 Å². The number of pyridine rings is 1. The average Bonchev–Trinajstić information content (AvgIpc) is 3.25. The van der Waals surface area contributed by atoms with Gasteiger partial charge in [-0.1, -0.05) is 35.3 Å². The Bertz CT molecular complexity index is 1140. The normalized spacial score (nSPS) is 18.2. The summed E-state index contributed by atoms with van der Waals surface area (Å²) in [5.74, 6) is -0.995. The van der Waals surface area contributed by atoms with Crippen LogP contribution < -0.4 is 5.56 Å². The quantitative estimate of drug-likeness (QED) is 0.692. The van der Waals surface area contributed by atoms with E-state index in [-0.39, 0.29) is 16.6 Å². The number of aromatic nitrogens is 4. The van der Waals surface area contributed by atoms with Crippen molar-refractivity contribution < 1.29 is 9.90 Å². The second-order valence-corrected chi connectivity index (χ2v) is 7.54. The molecule has 7 nitrogen and oxygen atoms in total. The third-order valence-corrected chi connectivity index (χ3v) is 5.50. The molecule has 2 aromatic heterocycles. The van der Waals surface area contributed by atoms with E-state index in [0.717, 1.165) is 12.1 Å². The average molecular weight is 419 g/mol. The first kappa shape index (κ1) is 18.7. The molecule has 1 unspecified atom stereocenters. The minimum Gasteiger partial charge on any atom is -0.480 e. The topological polar surface area (TPSA) is 90.0 Å². The largest absolute Gasteiger partial charge is 0.480 e. The summed E-state index contributed by atoms with van der Waals surface area (Å²) in [4.78, 5) is 24.4. The van der Waals surface area contributed by atoms with Crippen LogP contribution in [0.25, 0.3) is 16.8 Å². The minimum atomic E-state index is -0.993. The van der Waals surface area contributed by atoms with E-state index in [1.807, 2.05) is 13.0 Å². The third kappa shape index (κ3) is 3.10. The number of halogens is 2. The van der Waals surface area contributed by atoms with E-state index in [2.05, 4.69) is 10.3 Å². The molecule has 3 heterocycles. The van der Waals surface area contributed by atoms with Crippen LogP contribution in [-0.2, 0) is 4.79 Å². The van der Waals surface area contributed by atoms with Crippen LogP contribution in [0.4, 0.5) is 0 Å². The molecule has 0 saturated heterocycles. The lowest BCUT2D eigenvalue weighted by Crippen LogP contribution is -2.27. The summed E-state index contributed by atoms with van der Waals surface area (Å²) in [5, 5.41) is 18.0. The Morgan fingerprint density at radius 1 is 1.29 bits per heavy atom. The lowest BCUT2D eigenvalue weighted by molar-refractivity contribution is -0.140. The monoisotopic (exact) mass is 418 g/mol. The van der Waals surface area contributed by atoms with Gasteiger partial charge in [0.05, 0.1) is 11.9 Å². The van der Waals surface area contributed by atoms with Crippen molar-refractivity contribution >= 4 is 29.2 Å². The second-order valence-electron chi connectivity index (χ2n) is 6.72. The van der Waals surface area contributed by atoms with Crippen molar-refractivity contribution in [1.29, 1.82) is 0 Å². The number of hydrogen-bond donors (Lipinski definition) is 1. The Balaban J connectivity index is 1.93. The van der Waals surface area contributed by atoms with E-state index in [4.69, 9.17) is 23.2 Å². The van der Waals surface area contributed by atoms with Gasteiger partial charge in [0.2, 0.25) is 0 Å². The first-order valence-electron chi connectivity index (χ1n) is 8.76. The van der Waals surface area contributed by atoms with Crippen LogP contribution in [0.1, 0.15) is 37.4 Å². The highest BCUT2D eigenvalue weighted by atomic mass is 35.5. The van der Waals surface area contributed by atoms with Gasteiger partial charge in [-0.05, 0) is 42.7 Å². The van der Waals surface area contributed by atoms with Gasteiger partial charge in [0.15, 0.2) is 5.15 Å². The molecule has 0 amide bonds. The van der Waals surface area contributed by atoms with Crippen LogP contribution in [0.3, 0.4) is 0 Å². The van der Waals surface area contributed by atoms with E-state index < -0.39 is 12.0 Å². The fourth-order valence-electron chi connectivity index (χ4n) is 3.79. The molecule has 2 atom stereocenters. The number of fused-ring (bicyclic) bond motifs is 1. The van der Waals surface area contributed by atoms with Gasteiger partial charge >= 0.3 is 5.97 Å². The number of aliphatic carboxylic acids is 1. The summed E-state index contributed by atoms with van der Waals surface area (Å²) in [6.45, 7) is 1.98. The zero-order valence-electron chi connectivity index (χ0n) is 14.8. The van der Waals surface area contributed by atoms with Crippen molar-refractivity contribution in [3.05, 3.63) is 62.8 Å². The van der Waals surface area contributed by atoms with E-state index in [1.54, 1.807) is 24.4 Å². The molecule has 1 aliphatic rings. The van der Waals surface area contributed by atoms with E-state index in [1.165, 1.54) is 15.3 Å². The summed E-state index contributed by atoms with van der Waals surface area (Å²) < 4.78 is 2.90. The molecule has 0 aliphatic carbocycles. The van der Waals surface area contributed by atoms with Gasteiger partial charge < -0.3 is 5.11 Å². The molecular weight excluding hydrogens is 403 g/mol. The van der Waals surface area contributed by atoms with Crippen molar-refractivity contribution in [3.63, 3.8) is 0 Å². The lowest BCUT2D eigenvalue weighted by atomic mass is 9.96. The number of carboxylic acids is 1. The highest BCUT2D eigenvalue weighted by Gasteiger charge is 2.35. The van der Waals surface area contributed by atoms with Crippen LogP contribution in [0.5, 0.6) is 0 Å². The standard InChI is InChI=1S/C19H16Cl2N4O3/c1-2-10-5-16(19(27)28)25-15(10)6-11(7-18(25)26)13-8-12(20)3-4-14(13)24-9-17(21)22-23-24/h3-4,6-10,16H,2,5H2,1H3,(H,27,28)/t10?,16-/m0/s1. The van der Waals surface area contributed by atoms with Crippen molar-refractivity contribution in [1.82, 2.24) is 19.6 Å². The molecule has 1 aliphatic heterocycles. The van der Waals surface area contributed by atoms with Crippen molar-refractivity contribution in [2.24, 2.45) is 0 Å². The predicted octanol–water partition coefficient (Wildman–Crippen LogP) is 3.93. The maximum atomic E-state index is 12.8. The second kappa shape index (κ2) is 7.07. The maximum absolute atomic E-state index is 12.8. The number of nitrogens with zero attached hydrogens (tertiary/aromatic N) is 4. The van der Waals surface area contributed by atoms with Gasteiger partial charge in [0.25, 0.3) is 5.56 Å². The molecule has 144 valence electrons. The van der Waals surface area contributed by atoms with Gasteiger partial charge in [0.1, 0.15) is 6.04 Å². The Morgan fingerprint density at radius 2 is 2.07 bits per heavy atom. The van der Waals surface area contributed by atoms with E-state index in [9.17, 15) is 14.7 Å². The van der Waals surface area contributed by atoms with Gasteiger partial charge in [-0.2, -0.15) is 0 Å². The predicted molar refractivity (Wildman–Crippen MR) is 105 cm³/mol. The van der Waals surface area contributed by atoms with Crippen molar-refractivity contribution in [2.45, 2.75) is 31.7 Å². The van der Waals surface area contributed by atoms with Gasteiger partial charge in [-0.15, -0.1) is 5.10 Å². The van der Waals surface area contributed by atoms with Crippen LogP contribution in [-0.4, -0.2) is 30.6 Å². The zero-order valence-corrected chi connectivity index (χ0v) is 16.4. The molecule has 0 bridgehead atoms. The highest BCUT2D eigenvalue weighted by molar-refractivity contribution is 6.31. The summed E-state index contributed by atoms with van der Waals surface area (Å²) >= 11 is 12.1. The Morgan fingerprint density at radius 3 is 2.71 bits per heavy atom. The number of benzene rings is 1. The fourth-order valence-corrected chi connectivity index (χ4v) is 4.09. The highest BCUT2D eigenvalue weighted by Crippen LogP contribution is 2.39. The van der Waals surface area contributed by atoms with Crippen molar-refractivity contribution in [2.75, 3.05) is 0 Å². The minimum absolute atomic E-state index is 0.00259. The molecule has 1 N–H and O–H groups in total. The van der Waals surface area contributed by atoms with E-state index in [0.29, 0.717) is 28.3 Å². The van der Waals surface area contributed by atoms with Crippen LogP contribution in [0, 0.1) is 0 Å². The lowest BCUT2D eigenvalue weighted by Gasteiger charge is -2.14. The van der Waals surface area contributed by atoms with Crippen LogP contribution in [0.2, 0.25) is 10.2 Å². The number of carboxylic acid groups (broad SMARTS) is 1. The SMILES string of the molecule is CCC1C[C@@H](C(=O)O)n2c1cc(-c1cc(Cl)ccc1-n1cc(Cl)nn1)cc2=O. The molecule has 4 rings (SSSR count). The van der Waals surface area contributed by atoms with Gasteiger partial charge in [0, 0.05) is 28.3 Å². The smallest absolute Gasteiger partial charge is 0.326 e. The van der Waals surface area contributed by atoms with Crippen LogP contribution >= 0.6 is 23.2 Å². The Hall–Kier alpha value is -2.64. The molecule has 3 aromatic rings.